The van der Waals surface area contributed by atoms with Gasteiger partial charge in [-0.15, -0.1) is 0 Å². The molecular weight excluding hydrogens is 268 g/mol. The molecular formula is C16H30N2O3. The van der Waals surface area contributed by atoms with Gasteiger partial charge >= 0.3 is 0 Å². The third kappa shape index (κ3) is 4.41. The molecule has 0 unspecified atom stereocenters. The summed E-state index contributed by atoms with van der Waals surface area (Å²) in [7, 11) is 0. The van der Waals surface area contributed by atoms with Gasteiger partial charge in [-0.1, -0.05) is 13.8 Å². The molecule has 1 amide bonds. The monoisotopic (exact) mass is 298 g/mol. The zero-order valence-corrected chi connectivity index (χ0v) is 13.5. The summed E-state index contributed by atoms with van der Waals surface area (Å²) in [5.41, 5.74) is -0.568. The molecule has 2 fully saturated rings. The van der Waals surface area contributed by atoms with Crippen molar-refractivity contribution in [3.8, 4) is 0 Å². The summed E-state index contributed by atoms with van der Waals surface area (Å²) in [6.07, 6.45) is 3.41. The van der Waals surface area contributed by atoms with Crippen molar-refractivity contribution >= 4 is 5.91 Å². The molecule has 5 nitrogen and oxygen atoms in total. The second-order valence-corrected chi connectivity index (χ2v) is 6.42. The van der Waals surface area contributed by atoms with Gasteiger partial charge in [0.25, 0.3) is 0 Å². The van der Waals surface area contributed by atoms with Crippen LogP contribution in [-0.4, -0.2) is 72.4 Å². The highest BCUT2D eigenvalue weighted by Crippen LogP contribution is 2.23. The van der Waals surface area contributed by atoms with Crippen LogP contribution in [0, 0.1) is 5.92 Å². The molecule has 2 heterocycles. The molecule has 0 radical (unpaired) electrons. The molecule has 2 aliphatic heterocycles. The van der Waals surface area contributed by atoms with Crippen LogP contribution >= 0.6 is 0 Å². The summed E-state index contributed by atoms with van der Waals surface area (Å²) in [5.74, 6) is 0.467. The predicted molar refractivity (Wildman–Crippen MR) is 82.1 cm³/mol. The third-order valence-electron chi connectivity index (χ3n) is 5.09. The number of amides is 1. The largest absolute Gasteiger partial charge is 0.389 e. The number of carbonyl (C=O) groups excluding carboxylic acids is 1. The van der Waals surface area contributed by atoms with E-state index in [1.54, 1.807) is 0 Å². The van der Waals surface area contributed by atoms with Gasteiger partial charge in [0.2, 0.25) is 5.91 Å². The van der Waals surface area contributed by atoms with Crippen molar-refractivity contribution in [3.05, 3.63) is 0 Å². The number of β-amino-alcohol motifs (C(OH)–C–C–N with tert-alkyl or cyclic N) is 1. The van der Waals surface area contributed by atoms with E-state index >= 15 is 0 Å². The molecule has 122 valence electrons. The number of hydrogen-bond donors (Lipinski definition) is 1. The number of piperidine rings is 1. The lowest BCUT2D eigenvalue weighted by molar-refractivity contribution is -0.141. The summed E-state index contributed by atoms with van der Waals surface area (Å²) < 4.78 is 5.30. The van der Waals surface area contributed by atoms with Crippen molar-refractivity contribution in [3.63, 3.8) is 0 Å². The van der Waals surface area contributed by atoms with Crippen molar-refractivity contribution < 1.29 is 14.6 Å². The average molecular weight is 298 g/mol. The normalized spacial score (nSPS) is 22.5. The molecule has 2 rings (SSSR count). The first-order chi connectivity index (χ1) is 10.1. The van der Waals surface area contributed by atoms with E-state index in [0.29, 0.717) is 19.1 Å². The van der Waals surface area contributed by atoms with Gasteiger partial charge in [-0.05, 0) is 38.8 Å². The zero-order chi connectivity index (χ0) is 15.3. The van der Waals surface area contributed by atoms with Crippen LogP contribution in [0.15, 0.2) is 0 Å². The smallest absolute Gasteiger partial charge is 0.225 e. The van der Waals surface area contributed by atoms with Crippen molar-refractivity contribution in [2.75, 3.05) is 45.9 Å². The standard InChI is InChI=1S/C16H30N2O3/c1-3-16(20,4-2)13-17-7-5-14(6-8-17)15(19)18-9-11-21-12-10-18/h14,20H,3-13H2,1-2H3. The minimum atomic E-state index is -0.568. The molecule has 2 aliphatic rings. The zero-order valence-electron chi connectivity index (χ0n) is 13.5. The van der Waals surface area contributed by atoms with Crippen molar-refractivity contribution in [1.29, 1.82) is 0 Å². The molecule has 0 atom stereocenters. The first-order valence-electron chi connectivity index (χ1n) is 8.39. The average Bonchev–Trinajstić information content (AvgIpc) is 2.55. The Hall–Kier alpha value is -0.650. The molecule has 0 saturated carbocycles. The van der Waals surface area contributed by atoms with E-state index in [9.17, 15) is 9.90 Å². The molecule has 2 saturated heterocycles. The highest BCUT2D eigenvalue weighted by molar-refractivity contribution is 5.79. The Bertz CT molecular complexity index is 330. The second-order valence-electron chi connectivity index (χ2n) is 6.42. The number of aliphatic hydroxyl groups is 1. The van der Waals surface area contributed by atoms with Gasteiger partial charge in [0.1, 0.15) is 0 Å². The Balaban J connectivity index is 1.78. The van der Waals surface area contributed by atoms with Gasteiger partial charge in [0, 0.05) is 25.6 Å². The highest BCUT2D eigenvalue weighted by atomic mass is 16.5. The van der Waals surface area contributed by atoms with E-state index in [1.165, 1.54) is 0 Å². The Kier molecular flexibility index (Phi) is 6.02. The van der Waals surface area contributed by atoms with Crippen LogP contribution in [0.3, 0.4) is 0 Å². The van der Waals surface area contributed by atoms with E-state index in [-0.39, 0.29) is 5.92 Å². The number of ether oxygens (including phenoxy) is 1. The number of hydrogen-bond acceptors (Lipinski definition) is 4. The SMILES string of the molecule is CCC(O)(CC)CN1CCC(C(=O)N2CCOCC2)CC1. The summed E-state index contributed by atoms with van der Waals surface area (Å²) in [6, 6.07) is 0. The number of likely N-dealkylation sites (tertiary alicyclic amines) is 1. The maximum Gasteiger partial charge on any atom is 0.225 e. The summed E-state index contributed by atoms with van der Waals surface area (Å²) in [5, 5.41) is 10.4. The fourth-order valence-corrected chi connectivity index (χ4v) is 3.27. The second kappa shape index (κ2) is 7.56. The molecule has 0 aromatic carbocycles. The molecule has 0 aromatic heterocycles. The Morgan fingerprint density at radius 1 is 1.14 bits per heavy atom. The molecule has 5 heteroatoms. The van der Waals surface area contributed by atoms with Crippen LogP contribution in [-0.2, 0) is 9.53 Å². The summed E-state index contributed by atoms with van der Waals surface area (Å²) >= 11 is 0. The van der Waals surface area contributed by atoms with Gasteiger partial charge in [-0.25, -0.2) is 0 Å². The minimum absolute atomic E-state index is 0.163. The fraction of sp³-hybridized carbons (Fsp3) is 0.938. The molecule has 0 bridgehead atoms. The lowest BCUT2D eigenvalue weighted by Crippen LogP contribution is -2.49. The first kappa shape index (κ1) is 16.7. The Morgan fingerprint density at radius 2 is 1.71 bits per heavy atom. The van der Waals surface area contributed by atoms with Crippen molar-refractivity contribution in [2.24, 2.45) is 5.92 Å². The number of morpholine rings is 1. The topological polar surface area (TPSA) is 53.0 Å². The van der Waals surface area contributed by atoms with Crippen LogP contribution in [0.2, 0.25) is 0 Å². The van der Waals surface area contributed by atoms with Crippen molar-refractivity contribution in [2.45, 2.75) is 45.1 Å². The van der Waals surface area contributed by atoms with E-state index < -0.39 is 5.60 Å². The third-order valence-corrected chi connectivity index (χ3v) is 5.09. The number of rotatable bonds is 5. The van der Waals surface area contributed by atoms with Crippen LogP contribution in [0.1, 0.15) is 39.5 Å². The highest BCUT2D eigenvalue weighted by Gasteiger charge is 2.32. The van der Waals surface area contributed by atoms with E-state index in [1.807, 2.05) is 18.7 Å². The molecule has 0 spiro atoms. The Morgan fingerprint density at radius 3 is 2.24 bits per heavy atom. The summed E-state index contributed by atoms with van der Waals surface area (Å²) in [6.45, 7) is 9.48. The quantitative estimate of drug-likeness (QED) is 0.826. The van der Waals surface area contributed by atoms with Crippen LogP contribution in [0.4, 0.5) is 0 Å². The lowest BCUT2D eigenvalue weighted by Gasteiger charge is -2.38. The van der Waals surface area contributed by atoms with E-state index in [0.717, 1.165) is 58.4 Å². The van der Waals surface area contributed by atoms with Crippen LogP contribution < -0.4 is 0 Å². The number of carbonyl (C=O) groups is 1. The minimum Gasteiger partial charge on any atom is -0.389 e. The van der Waals surface area contributed by atoms with Gasteiger partial charge < -0.3 is 19.6 Å². The van der Waals surface area contributed by atoms with Crippen molar-refractivity contribution in [1.82, 2.24) is 9.80 Å². The van der Waals surface area contributed by atoms with E-state index in [2.05, 4.69) is 4.90 Å². The molecule has 0 aromatic rings. The maximum absolute atomic E-state index is 12.5. The van der Waals surface area contributed by atoms with Crippen LogP contribution in [0.5, 0.6) is 0 Å². The van der Waals surface area contributed by atoms with Gasteiger partial charge in [0.15, 0.2) is 0 Å². The molecule has 1 N–H and O–H groups in total. The van der Waals surface area contributed by atoms with Crippen LogP contribution in [0.25, 0.3) is 0 Å². The maximum atomic E-state index is 12.5. The van der Waals surface area contributed by atoms with E-state index in [4.69, 9.17) is 4.74 Å². The fourth-order valence-electron chi connectivity index (χ4n) is 3.27. The van der Waals surface area contributed by atoms with Gasteiger partial charge in [0.05, 0.1) is 18.8 Å². The predicted octanol–water partition coefficient (Wildman–Crippen LogP) is 1.11. The molecule has 21 heavy (non-hydrogen) atoms. The number of nitrogens with zero attached hydrogens (tertiary/aromatic N) is 2. The summed E-state index contributed by atoms with van der Waals surface area (Å²) in [4.78, 5) is 16.7. The van der Waals surface area contributed by atoms with Gasteiger partial charge in [-0.2, -0.15) is 0 Å². The Labute approximate surface area is 128 Å². The first-order valence-corrected chi connectivity index (χ1v) is 8.39. The lowest BCUT2D eigenvalue weighted by atomic mass is 9.92. The molecule has 0 aliphatic carbocycles. The van der Waals surface area contributed by atoms with Gasteiger partial charge in [-0.3, -0.25) is 4.79 Å².